The summed E-state index contributed by atoms with van der Waals surface area (Å²) >= 11 is 0. The highest BCUT2D eigenvalue weighted by atomic mass is 16.4. The number of benzene rings is 1. The van der Waals surface area contributed by atoms with Crippen LogP contribution in [0.2, 0.25) is 0 Å². The minimum absolute atomic E-state index is 0.103. The van der Waals surface area contributed by atoms with Crippen LogP contribution in [0.4, 0.5) is 0 Å². The summed E-state index contributed by atoms with van der Waals surface area (Å²) in [7, 11) is 0. The van der Waals surface area contributed by atoms with Crippen LogP contribution >= 0.6 is 0 Å². The van der Waals surface area contributed by atoms with Crippen molar-refractivity contribution in [2.75, 3.05) is 0 Å². The third-order valence-electron chi connectivity index (χ3n) is 2.50. The molecule has 84 valence electrons. The minimum Gasteiger partial charge on any atom is -0.408 e. The number of unbranched alkanes of at least 4 members (excludes halogenated alkanes) is 1. The molecule has 2 rings (SSSR count). The fraction of sp³-hybridized carbons (Fsp3) is 0.333. The van der Waals surface area contributed by atoms with Crippen LogP contribution in [-0.4, -0.2) is 10.8 Å². The maximum atomic E-state index is 11.7. The van der Waals surface area contributed by atoms with Gasteiger partial charge in [0.1, 0.15) is 0 Å². The van der Waals surface area contributed by atoms with E-state index in [1.54, 1.807) is 18.2 Å². The molecular weight excluding hydrogens is 206 g/mol. The smallest absolute Gasteiger partial charge is 0.408 e. The van der Waals surface area contributed by atoms with Gasteiger partial charge in [0.05, 0.1) is 5.52 Å². The minimum atomic E-state index is -0.492. The van der Waals surface area contributed by atoms with E-state index in [1.165, 1.54) is 0 Å². The average Bonchev–Trinajstić information content (AvgIpc) is 2.64. The standard InChI is InChI=1S/C12H13NO3/c1-2-3-4-10(14)8-5-6-11-9(7-8)13-12(15)16-11/h5-7H,2-4H2,1H3,(H,13,15). The number of hydrogen-bond acceptors (Lipinski definition) is 3. The second-order valence-electron chi connectivity index (χ2n) is 3.75. The van der Waals surface area contributed by atoms with Crippen molar-refractivity contribution in [3.05, 3.63) is 34.3 Å². The Bertz CT molecular complexity index is 565. The molecule has 4 heteroatoms. The summed E-state index contributed by atoms with van der Waals surface area (Å²) in [6, 6.07) is 5.00. The second kappa shape index (κ2) is 4.35. The van der Waals surface area contributed by atoms with Gasteiger partial charge in [0.2, 0.25) is 0 Å². The Labute approximate surface area is 92.3 Å². The van der Waals surface area contributed by atoms with Gasteiger partial charge < -0.3 is 4.42 Å². The first-order chi connectivity index (χ1) is 7.70. The number of ketones is 1. The first-order valence-corrected chi connectivity index (χ1v) is 5.37. The van der Waals surface area contributed by atoms with Crippen LogP contribution in [0, 0.1) is 0 Å². The number of hydrogen-bond donors (Lipinski definition) is 1. The van der Waals surface area contributed by atoms with Gasteiger partial charge in [-0.3, -0.25) is 9.78 Å². The summed E-state index contributed by atoms with van der Waals surface area (Å²) in [6.07, 6.45) is 2.43. The third-order valence-corrected chi connectivity index (χ3v) is 2.50. The van der Waals surface area contributed by atoms with E-state index in [0.29, 0.717) is 23.1 Å². The molecule has 0 atom stereocenters. The van der Waals surface area contributed by atoms with Crippen molar-refractivity contribution in [2.45, 2.75) is 26.2 Å². The highest BCUT2D eigenvalue weighted by molar-refractivity contribution is 5.98. The normalized spacial score (nSPS) is 10.8. The number of aromatic amines is 1. The van der Waals surface area contributed by atoms with Crippen LogP contribution in [0.25, 0.3) is 11.1 Å². The van der Waals surface area contributed by atoms with Gasteiger partial charge in [-0.05, 0) is 24.6 Å². The maximum Gasteiger partial charge on any atom is 0.417 e. The van der Waals surface area contributed by atoms with E-state index >= 15 is 0 Å². The number of H-pyrrole nitrogens is 1. The number of rotatable bonds is 4. The summed E-state index contributed by atoms with van der Waals surface area (Å²) in [6.45, 7) is 2.05. The predicted molar refractivity (Wildman–Crippen MR) is 60.7 cm³/mol. The van der Waals surface area contributed by atoms with E-state index in [1.807, 2.05) is 6.92 Å². The molecule has 1 N–H and O–H groups in total. The van der Waals surface area contributed by atoms with Crippen LogP contribution in [0.3, 0.4) is 0 Å². The molecule has 0 spiro atoms. The molecular formula is C12H13NO3. The van der Waals surface area contributed by atoms with Crippen molar-refractivity contribution in [3.63, 3.8) is 0 Å². The summed E-state index contributed by atoms with van der Waals surface area (Å²) in [4.78, 5) is 25.2. The summed E-state index contributed by atoms with van der Waals surface area (Å²) in [5, 5.41) is 0. The quantitative estimate of drug-likeness (QED) is 0.803. The lowest BCUT2D eigenvalue weighted by molar-refractivity contribution is 0.0980. The predicted octanol–water partition coefficient (Wildman–Crippen LogP) is 2.49. The van der Waals surface area contributed by atoms with Crippen LogP contribution in [0.5, 0.6) is 0 Å². The number of aromatic nitrogens is 1. The third kappa shape index (κ3) is 2.05. The van der Waals surface area contributed by atoms with Crippen molar-refractivity contribution in [3.8, 4) is 0 Å². The number of carbonyl (C=O) groups excluding carboxylic acids is 1. The summed E-state index contributed by atoms with van der Waals surface area (Å²) in [5.41, 5.74) is 1.68. The van der Waals surface area contributed by atoms with Gasteiger partial charge in [0.15, 0.2) is 11.4 Å². The molecule has 2 aromatic rings. The molecule has 0 bridgehead atoms. The SMILES string of the molecule is CCCCC(=O)c1ccc2oc(=O)[nH]c2c1. The Kier molecular flexibility index (Phi) is 2.90. The monoisotopic (exact) mass is 219 g/mol. The lowest BCUT2D eigenvalue weighted by Gasteiger charge is -1.99. The number of carbonyl (C=O) groups is 1. The zero-order valence-electron chi connectivity index (χ0n) is 9.08. The molecule has 1 aromatic carbocycles. The molecule has 4 nitrogen and oxygen atoms in total. The highest BCUT2D eigenvalue weighted by Crippen LogP contribution is 2.14. The Morgan fingerprint density at radius 3 is 3.00 bits per heavy atom. The fourth-order valence-corrected chi connectivity index (χ4v) is 1.61. The molecule has 0 saturated heterocycles. The molecule has 1 heterocycles. The fourth-order valence-electron chi connectivity index (χ4n) is 1.61. The topological polar surface area (TPSA) is 63.1 Å². The van der Waals surface area contributed by atoms with Crippen molar-refractivity contribution in [2.24, 2.45) is 0 Å². The first kappa shape index (κ1) is 10.7. The van der Waals surface area contributed by atoms with Gasteiger partial charge in [-0.2, -0.15) is 0 Å². The zero-order valence-corrected chi connectivity index (χ0v) is 9.08. The van der Waals surface area contributed by atoms with Gasteiger partial charge in [-0.25, -0.2) is 4.79 Å². The van der Waals surface area contributed by atoms with Gasteiger partial charge in [0.25, 0.3) is 0 Å². The van der Waals surface area contributed by atoms with Crippen molar-refractivity contribution >= 4 is 16.9 Å². The van der Waals surface area contributed by atoms with Gasteiger partial charge in [0, 0.05) is 12.0 Å². The van der Waals surface area contributed by atoms with E-state index in [0.717, 1.165) is 12.8 Å². The molecule has 0 aliphatic heterocycles. The van der Waals surface area contributed by atoms with Crippen LogP contribution in [0.15, 0.2) is 27.4 Å². The molecule has 0 fully saturated rings. The Morgan fingerprint density at radius 2 is 2.25 bits per heavy atom. The van der Waals surface area contributed by atoms with E-state index in [-0.39, 0.29) is 5.78 Å². The van der Waals surface area contributed by atoms with Crippen molar-refractivity contribution < 1.29 is 9.21 Å². The number of nitrogens with one attached hydrogen (secondary N) is 1. The molecule has 0 aliphatic carbocycles. The first-order valence-electron chi connectivity index (χ1n) is 5.37. The molecule has 0 amide bonds. The maximum absolute atomic E-state index is 11.7. The van der Waals surface area contributed by atoms with Crippen molar-refractivity contribution in [1.29, 1.82) is 0 Å². The number of oxazole rings is 1. The second-order valence-corrected chi connectivity index (χ2v) is 3.75. The lowest BCUT2D eigenvalue weighted by atomic mass is 10.1. The Morgan fingerprint density at radius 1 is 1.44 bits per heavy atom. The number of Topliss-reactive ketones (excluding diaryl/α,β-unsaturated/α-hetero) is 1. The van der Waals surface area contributed by atoms with Crippen LogP contribution in [0.1, 0.15) is 36.5 Å². The lowest BCUT2D eigenvalue weighted by Crippen LogP contribution is -1.98. The molecule has 0 unspecified atom stereocenters. The molecule has 1 aromatic heterocycles. The van der Waals surface area contributed by atoms with Gasteiger partial charge >= 0.3 is 5.76 Å². The van der Waals surface area contributed by atoms with E-state index in [2.05, 4.69) is 4.98 Å². The molecule has 0 aliphatic rings. The van der Waals surface area contributed by atoms with E-state index < -0.39 is 5.76 Å². The molecule has 0 radical (unpaired) electrons. The van der Waals surface area contributed by atoms with E-state index in [9.17, 15) is 9.59 Å². The van der Waals surface area contributed by atoms with E-state index in [4.69, 9.17) is 4.42 Å². The summed E-state index contributed by atoms with van der Waals surface area (Å²) in [5.74, 6) is -0.390. The number of fused-ring (bicyclic) bond motifs is 1. The Balaban J connectivity index is 2.31. The van der Waals surface area contributed by atoms with Crippen molar-refractivity contribution in [1.82, 2.24) is 4.98 Å². The Hall–Kier alpha value is -1.84. The molecule has 0 saturated carbocycles. The summed E-state index contributed by atoms with van der Waals surface area (Å²) < 4.78 is 4.86. The van der Waals surface area contributed by atoms with Gasteiger partial charge in [-0.1, -0.05) is 13.3 Å². The highest BCUT2D eigenvalue weighted by Gasteiger charge is 2.08. The molecule has 16 heavy (non-hydrogen) atoms. The van der Waals surface area contributed by atoms with Crippen LogP contribution in [-0.2, 0) is 0 Å². The largest absolute Gasteiger partial charge is 0.417 e. The zero-order chi connectivity index (χ0) is 11.5. The average molecular weight is 219 g/mol. The van der Waals surface area contributed by atoms with Crippen LogP contribution < -0.4 is 5.76 Å². The van der Waals surface area contributed by atoms with Gasteiger partial charge in [-0.15, -0.1) is 0 Å².